The van der Waals surface area contributed by atoms with Crippen molar-refractivity contribution >= 4 is 12.9 Å². The zero-order valence-corrected chi connectivity index (χ0v) is 12.3. The summed E-state index contributed by atoms with van der Waals surface area (Å²) in [6.45, 7) is 10.8. The Bertz CT molecular complexity index is 157. The zero-order chi connectivity index (χ0) is 12.6. The molecular formula is C13H28O2S. The minimum atomic E-state index is -0.130. The van der Waals surface area contributed by atoms with Crippen LogP contribution in [-0.2, 0) is 8.92 Å². The van der Waals surface area contributed by atoms with E-state index in [1.807, 2.05) is 0 Å². The number of hydrogen-bond donors (Lipinski definition) is 1. The first-order valence-corrected chi connectivity index (χ1v) is 6.91. The van der Waals surface area contributed by atoms with E-state index < -0.39 is 0 Å². The van der Waals surface area contributed by atoms with Crippen LogP contribution in [0.2, 0.25) is 0 Å². The molecule has 0 spiro atoms. The van der Waals surface area contributed by atoms with E-state index in [1.54, 1.807) is 0 Å². The van der Waals surface area contributed by atoms with Crippen LogP contribution in [0.3, 0.4) is 0 Å². The van der Waals surface area contributed by atoms with Crippen molar-refractivity contribution in [2.24, 2.45) is 0 Å². The van der Waals surface area contributed by atoms with Gasteiger partial charge in [-0.05, 0) is 45.5 Å². The molecule has 0 aliphatic rings. The lowest BCUT2D eigenvalue weighted by Crippen LogP contribution is -2.34. The lowest BCUT2D eigenvalue weighted by Gasteiger charge is -2.33. The van der Waals surface area contributed by atoms with Crippen LogP contribution in [0.5, 0.6) is 0 Å². The second-order valence-corrected chi connectivity index (χ2v) is 4.75. The third kappa shape index (κ3) is 5.07. The van der Waals surface area contributed by atoms with Gasteiger partial charge < -0.3 is 8.92 Å². The van der Waals surface area contributed by atoms with Gasteiger partial charge in [-0.3, -0.25) is 0 Å². The Balaban J connectivity index is 4.23. The lowest BCUT2D eigenvalue weighted by molar-refractivity contribution is -0.0497. The Hall–Kier alpha value is 0.270. The van der Waals surface area contributed by atoms with E-state index >= 15 is 0 Å². The van der Waals surface area contributed by atoms with E-state index in [4.69, 9.17) is 8.92 Å². The first kappa shape index (κ1) is 16.3. The second-order valence-electron chi connectivity index (χ2n) is 4.57. The highest BCUT2D eigenvalue weighted by Gasteiger charge is 2.29. The molecule has 0 rings (SSSR count). The predicted molar refractivity (Wildman–Crippen MR) is 72.9 cm³/mol. The van der Waals surface area contributed by atoms with Crippen molar-refractivity contribution in [3.63, 3.8) is 0 Å². The van der Waals surface area contributed by atoms with Crippen molar-refractivity contribution in [2.75, 3.05) is 0 Å². The fourth-order valence-corrected chi connectivity index (χ4v) is 2.42. The van der Waals surface area contributed by atoms with Gasteiger partial charge in [-0.2, -0.15) is 0 Å². The molecule has 0 N–H and O–H groups in total. The van der Waals surface area contributed by atoms with E-state index in [0.717, 1.165) is 32.1 Å². The van der Waals surface area contributed by atoms with Gasteiger partial charge in [-0.1, -0.05) is 27.7 Å². The van der Waals surface area contributed by atoms with Crippen LogP contribution in [0.4, 0.5) is 0 Å². The molecule has 0 aromatic rings. The third-order valence-corrected chi connectivity index (χ3v) is 3.86. The van der Waals surface area contributed by atoms with Gasteiger partial charge in [0.1, 0.15) is 0 Å². The van der Waals surface area contributed by atoms with Crippen LogP contribution in [0.25, 0.3) is 0 Å². The molecule has 0 bridgehead atoms. The third-order valence-electron chi connectivity index (χ3n) is 3.48. The molecule has 2 nitrogen and oxygen atoms in total. The van der Waals surface area contributed by atoms with Gasteiger partial charge in [0, 0.05) is 6.42 Å². The van der Waals surface area contributed by atoms with Gasteiger partial charge in [0.05, 0.1) is 17.8 Å². The highest BCUT2D eigenvalue weighted by molar-refractivity contribution is 7.75. The normalized spacial score (nSPS) is 14.4. The van der Waals surface area contributed by atoms with E-state index in [1.165, 1.54) is 0 Å². The molecule has 0 radical (unpaired) electrons. The molecular weight excluding hydrogens is 220 g/mol. The maximum atomic E-state index is 6.00. The van der Waals surface area contributed by atoms with Gasteiger partial charge in [-0.15, -0.1) is 0 Å². The van der Waals surface area contributed by atoms with Gasteiger partial charge in [0.2, 0.25) is 0 Å². The van der Waals surface area contributed by atoms with Crippen LogP contribution in [0.15, 0.2) is 0 Å². The van der Waals surface area contributed by atoms with Crippen molar-refractivity contribution in [3.05, 3.63) is 0 Å². The fraction of sp³-hybridized carbons (Fsp3) is 1.00. The van der Waals surface area contributed by atoms with Crippen molar-refractivity contribution in [1.82, 2.24) is 0 Å². The Morgan fingerprint density at radius 1 is 1.06 bits per heavy atom. The summed E-state index contributed by atoms with van der Waals surface area (Å²) in [5.41, 5.74) is -0.130. The van der Waals surface area contributed by atoms with Gasteiger partial charge in [0.25, 0.3) is 0 Å². The largest absolute Gasteiger partial charge is 0.375 e. The summed E-state index contributed by atoms with van der Waals surface area (Å²) in [5, 5.41) is 0. The molecule has 3 heteroatoms. The van der Waals surface area contributed by atoms with Gasteiger partial charge in [-0.25, -0.2) is 0 Å². The lowest BCUT2D eigenvalue weighted by atomic mass is 9.91. The van der Waals surface area contributed by atoms with Crippen molar-refractivity contribution in [2.45, 2.75) is 84.5 Å². The molecule has 0 saturated carbocycles. The average molecular weight is 248 g/mol. The van der Waals surface area contributed by atoms with Gasteiger partial charge >= 0.3 is 0 Å². The maximum Gasteiger partial charge on any atom is 0.0845 e. The first-order chi connectivity index (χ1) is 7.57. The maximum absolute atomic E-state index is 6.00. The molecule has 0 aliphatic heterocycles. The molecule has 0 aromatic carbocycles. The summed E-state index contributed by atoms with van der Waals surface area (Å²) in [7, 11) is 0. The molecule has 98 valence electrons. The summed E-state index contributed by atoms with van der Waals surface area (Å²) in [6, 6.07) is 0. The fourth-order valence-electron chi connectivity index (χ4n) is 2.09. The Labute approximate surface area is 107 Å². The van der Waals surface area contributed by atoms with Crippen LogP contribution in [0, 0.1) is 0 Å². The molecule has 0 aliphatic carbocycles. The van der Waals surface area contributed by atoms with Crippen LogP contribution >= 0.6 is 12.9 Å². The standard InChI is InChI=1S/C13H28O2S/c1-6-12(7-2)14-11(5)10-13(8-3,9-4)15-16/h11-12,16H,6-10H2,1-5H3. The zero-order valence-electron chi connectivity index (χ0n) is 11.5. The SMILES string of the molecule is CCC(CC)OC(C)CC(CC)(CC)OS. The monoisotopic (exact) mass is 248 g/mol. The quantitative estimate of drug-likeness (QED) is 0.482. The minimum absolute atomic E-state index is 0.130. The smallest absolute Gasteiger partial charge is 0.0845 e. The van der Waals surface area contributed by atoms with Crippen LogP contribution < -0.4 is 0 Å². The first-order valence-electron chi connectivity index (χ1n) is 6.55. The summed E-state index contributed by atoms with van der Waals surface area (Å²) in [4.78, 5) is 0. The molecule has 1 atom stereocenters. The summed E-state index contributed by atoms with van der Waals surface area (Å²) < 4.78 is 11.4. The summed E-state index contributed by atoms with van der Waals surface area (Å²) in [5.74, 6) is 0. The van der Waals surface area contributed by atoms with Gasteiger partial charge in [0.15, 0.2) is 0 Å². The summed E-state index contributed by atoms with van der Waals surface area (Å²) >= 11 is 4.02. The summed E-state index contributed by atoms with van der Waals surface area (Å²) in [6.07, 6.45) is 5.63. The minimum Gasteiger partial charge on any atom is -0.375 e. The molecule has 16 heavy (non-hydrogen) atoms. The van der Waals surface area contributed by atoms with Crippen molar-refractivity contribution in [3.8, 4) is 0 Å². The van der Waals surface area contributed by atoms with E-state index in [9.17, 15) is 0 Å². The number of hydrogen-bond acceptors (Lipinski definition) is 3. The van der Waals surface area contributed by atoms with Crippen molar-refractivity contribution in [1.29, 1.82) is 0 Å². The van der Waals surface area contributed by atoms with E-state index in [0.29, 0.717) is 6.10 Å². The molecule has 0 heterocycles. The molecule has 0 fully saturated rings. The van der Waals surface area contributed by atoms with Crippen LogP contribution in [0.1, 0.15) is 66.7 Å². The molecule has 0 saturated heterocycles. The van der Waals surface area contributed by atoms with Crippen LogP contribution in [-0.4, -0.2) is 17.8 Å². The highest BCUT2D eigenvalue weighted by Crippen LogP contribution is 2.29. The molecule has 0 aromatic heterocycles. The Morgan fingerprint density at radius 2 is 1.56 bits per heavy atom. The Kier molecular flexibility index (Phi) is 8.52. The van der Waals surface area contributed by atoms with E-state index in [-0.39, 0.29) is 11.7 Å². The van der Waals surface area contributed by atoms with Crippen molar-refractivity contribution < 1.29 is 8.92 Å². The molecule has 0 amide bonds. The highest BCUT2D eigenvalue weighted by atomic mass is 32.1. The van der Waals surface area contributed by atoms with E-state index in [2.05, 4.69) is 47.5 Å². The number of rotatable bonds is 9. The molecule has 1 unspecified atom stereocenters. The predicted octanol–water partition coefficient (Wildman–Crippen LogP) is 4.39. The number of ether oxygens (including phenoxy) is 1. The topological polar surface area (TPSA) is 18.5 Å². The number of thiol groups is 1. The Morgan fingerprint density at radius 3 is 1.88 bits per heavy atom. The second kappa shape index (κ2) is 8.37. The average Bonchev–Trinajstić information content (AvgIpc) is 2.33.